The van der Waals surface area contributed by atoms with Gasteiger partial charge in [0.05, 0.1) is 12.1 Å². The summed E-state index contributed by atoms with van der Waals surface area (Å²) in [5.41, 5.74) is 1.53. The molecule has 0 aromatic carbocycles. The van der Waals surface area contributed by atoms with Crippen molar-refractivity contribution >= 4 is 28.9 Å². The minimum atomic E-state index is -1.16. The molecule has 0 saturated heterocycles. The Kier molecular flexibility index (Phi) is 3.33. The molecule has 17 heavy (non-hydrogen) atoms. The van der Waals surface area contributed by atoms with Gasteiger partial charge in [-0.15, -0.1) is 11.3 Å². The van der Waals surface area contributed by atoms with E-state index in [1.165, 1.54) is 11.3 Å². The Balaban J connectivity index is 1.81. The number of thiazole rings is 1. The van der Waals surface area contributed by atoms with Crippen LogP contribution in [0.25, 0.3) is 0 Å². The first-order valence-corrected chi connectivity index (χ1v) is 5.66. The van der Waals surface area contributed by atoms with Crippen molar-refractivity contribution in [3.8, 4) is 0 Å². The monoisotopic (exact) mass is 255 g/mol. The van der Waals surface area contributed by atoms with Crippen LogP contribution in [0.4, 0.5) is 0 Å². The number of amides is 1. The highest BCUT2D eigenvalue weighted by atomic mass is 32.1. The lowest BCUT2D eigenvalue weighted by Crippen LogP contribution is -2.34. The third-order valence-electron chi connectivity index (χ3n) is 2.13. The molecule has 2 N–H and O–H groups in total. The molecule has 7 nitrogen and oxygen atoms in total. The van der Waals surface area contributed by atoms with Crippen LogP contribution in [0.1, 0.15) is 11.3 Å². The van der Waals surface area contributed by atoms with Gasteiger partial charge in [-0.1, -0.05) is 5.16 Å². The third-order valence-corrected chi connectivity index (χ3v) is 2.91. The summed E-state index contributed by atoms with van der Waals surface area (Å²) in [6, 6.07) is 0. The van der Waals surface area contributed by atoms with Crippen molar-refractivity contribution in [1.82, 2.24) is 10.3 Å². The molecule has 0 bridgehead atoms. The van der Waals surface area contributed by atoms with Crippen LogP contribution in [0.15, 0.2) is 16.9 Å². The number of nitrogens with zero attached hydrogens (tertiary/aromatic N) is 2. The molecule has 1 aliphatic heterocycles. The first kappa shape index (κ1) is 11.5. The predicted molar refractivity (Wildman–Crippen MR) is 58.5 cm³/mol. The van der Waals surface area contributed by atoms with Gasteiger partial charge in [0.15, 0.2) is 5.71 Å². The molecule has 0 fully saturated rings. The fourth-order valence-electron chi connectivity index (χ4n) is 1.26. The van der Waals surface area contributed by atoms with Crippen molar-refractivity contribution in [2.45, 2.75) is 19.1 Å². The van der Waals surface area contributed by atoms with Gasteiger partial charge in [0.2, 0.25) is 6.10 Å². The lowest BCUT2D eigenvalue weighted by atomic mass is 10.2. The number of carbonyl (C=O) groups is 2. The minimum absolute atomic E-state index is 0.0101. The molecule has 1 aromatic heterocycles. The third kappa shape index (κ3) is 2.78. The zero-order chi connectivity index (χ0) is 12.3. The van der Waals surface area contributed by atoms with E-state index in [0.29, 0.717) is 6.54 Å². The molecule has 90 valence electrons. The molecule has 1 amide bonds. The van der Waals surface area contributed by atoms with Crippen molar-refractivity contribution in [2.24, 2.45) is 5.16 Å². The predicted octanol–water partition coefficient (Wildman–Crippen LogP) is -0.0112. The van der Waals surface area contributed by atoms with Crippen LogP contribution < -0.4 is 5.32 Å². The van der Waals surface area contributed by atoms with Gasteiger partial charge in [-0.2, -0.15) is 0 Å². The number of carboxylic acids is 1. The van der Waals surface area contributed by atoms with Gasteiger partial charge in [0.25, 0.3) is 5.91 Å². The average molecular weight is 255 g/mol. The Morgan fingerprint density at radius 2 is 2.47 bits per heavy atom. The van der Waals surface area contributed by atoms with E-state index in [-0.39, 0.29) is 18.0 Å². The maximum atomic E-state index is 11.6. The van der Waals surface area contributed by atoms with Crippen LogP contribution in [0.2, 0.25) is 0 Å². The van der Waals surface area contributed by atoms with E-state index < -0.39 is 12.1 Å². The maximum Gasteiger partial charge on any atom is 0.353 e. The smallest absolute Gasteiger partial charge is 0.353 e. The molecule has 1 atom stereocenters. The van der Waals surface area contributed by atoms with Crippen LogP contribution in [-0.4, -0.2) is 33.8 Å². The number of aliphatic carboxylic acids is 1. The number of carboxylic acid groups (broad SMARTS) is 1. The summed E-state index contributed by atoms with van der Waals surface area (Å²) in [5.74, 6) is -1.54. The molecule has 2 heterocycles. The van der Waals surface area contributed by atoms with Crippen LogP contribution >= 0.6 is 11.3 Å². The summed E-state index contributed by atoms with van der Waals surface area (Å²) in [6.07, 6.45) is 0.790. The van der Waals surface area contributed by atoms with Crippen LogP contribution in [0, 0.1) is 0 Å². The number of hydrogen-bond acceptors (Lipinski definition) is 6. The number of nitrogens with one attached hydrogen (secondary N) is 1. The van der Waals surface area contributed by atoms with E-state index in [1.54, 1.807) is 11.7 Å². The van der Waals surface area contributed by atoms with Crippen molar-refractivity contribution < 1.29 is 19.5 Å². The second-order valence-corrected chi connectivity index (χ2v) is 4.30. The number of hydrogen-bond donors (Lipinski definition) is 2. The molecule has 0 saturated carbocycles. The summed E-state index contributed by atoms with van der Waals surface area (Å²) in [4.78, 5) is 31.7. The standard InChI is InChI=1S/C9H9N3O4S/c13-8(11-3-5-2-10-4-17-5)7-1-6(9(14)15)12-16-7/h2,4,7H,1,3H2,(H,11,13)(H,14,15). The van der Waals surface area contributed by atoms with Crippen molar-refractivity contribution in [3.05, 3.63) is 16.6 Å². The molecule has 2 rings (SSSR count). The molecule has 0 spiro atoms. The largest absolute Gasteiger partial charge is 0.477 e. The highest BCUT2D eigenvalue weighted by molar-refractivity contribution is 7.09. The summed E-state index contributed by atoms with van der Waals surface area (Å²) in [6.45, 7) is 0.353. The van der Waals surface area contributed by atoms with Gasteiger partial charge in [-0.05, 0) is 0 Å². The van der Waals surface area contributed by atoms with Crippen molar-refractivity contribution in [2.75, 3.05) is 0 Å². The number of rotatable bonds is 4. The molecule has 1 aromatic rings. The quantitative estimate of drug-likeness (QED) is 0.788. The van der Waals surface area contributed by atoms with E-state index in [4.69, 9.17) is 9.94 Å². The van der Waals surface area contributed by atoms with E-state index in [1.807, 2.05) is 0 Å². The van der Waals surface area contributed by atoms with Gasteiger partial charge in [-0.3, -0.25) is 9.78 Å². The maximum absolute atomic E-state index is 11.6. The Labute approximate surface area is 100 Å². The lowest BCUT2D eigenvalue weighted by Gasteiger charge is -2.07. The zero-order valence-corrected chi connectivity index (χ0v) is 9.44. The second-order valence-electron chi connectivity index (χ2n) is 3.33. The van der Waals surface area contributed by atoms with Crippen molar-refractivity contribution in [3.63, 3.8) is 0 Å². The second kappa shape index (κ2) is 4.91. The molecular formula is C9H9N3O4S. The van der Waals surface area contributed by atoms with E-state index >= 15 is 0 Å². The Morgan fingerprint density at radius 1 is 1.65 bits per heavy atom. The normalized spacial score (nSPS) is 18.4. The van der Waals surface area contributed by atoms with Gasteiger partial charge in [-0.25, -0.2) is 4.79 Å². The molecule has 1 aliphatic rings. The SMILES string of the molecule is O=C(O)C1=NOC(C(=O)NCc2cncs2)C1. The highest BCUT2D eigenvalue weighted by Gasteiger charge is 2.31. The van der Waals surface area contributed by atoms with Gasteiger partial charge in [0, 0.05) is 17.5 Å². The summed E-state index contributed by atoms with van der Waals surface area (Å²) < 4.78 is 0. The number of carbonyl (C=O) groups excluding carboxylic acids is 1. The van der Waals surface area contributed by atoms with Crippen LogP contribution in [0.5, 0.6) is 0 Å². The van der Waals surface area contributed by atoms with Crippen molar-refractivity contribution in [1.29, 1.82) is 0 Å². The van der Waals surface area contributed by atoms with E-state index in [0.717, 1.165) is 4.88 Å². The van der Waals surface area contributed by atoms with Crippen LogP contribution in [-0.2, 0) is 21.0 Å². The minimum Gasteiger partial charge on any atom is -0.477 e. The van der Waals surface area contributed by atoms with Gasteiger partial charge in [0.1, 0.15) is 0 Å². The Hall–Kier alpha value is -1.96. The number of oxime groups is 1. The molecule has 0 aliphatic carbocycles. The lowest BCUT2D eigenvalue weighted by molar-refractivity contribution is -0.131. The Morgan fingerprint density at radius 3 is 3.06 bits per heavy atom. The fraction of sp³-hybridized carbons (Fsp3) is 0.333. The van der Waals surface area contributed by atoms with Gasteiger partial charge >= 0.3 is 5.97 Å². The number of aromatic nitrogens is 1. The van der Waals surface area contributed by atoms with Crippen LogP contribution in [0.3, 0.4) is 0 Å². The highest BCUT2D eigenvalue weighted by Crippen LogP contribution is 2.11. The average Bonchev–Trinajstić information content (AvgIpc) is 2.96. The van der Waals surface area contributed by atoms with Gasteiger partial charge < -0.3 is 15.3 Å². The summed E-state index contributed by atoms with van der Waals surface area (Å²) >= 11 is 1.42. The molecule has 0 radical (unpaired) electrons. The fourth-order valence-corrected chi connectivity index (χ4v) is 1.80. The zero-order valence-electron chi connectivity index (χ0n) is 8.62. The first-order chi connectivity index (χ1) is 8.16. The van der Waals surface area contributed by atoms with E-state index in [2.05, 4.69) is 15.5 Å². The Bertz CT molecular complexity index is 457. The molecule has 1 unspecified atom stereocenters. The molecule has 8 heteroatoms. The summed E-state index contributed by atoms with van der Waals surface area (Å²) in [5, 5.41) is 14.6. The molecular weight excluding hydrogens is 246 g/mol. The first-order valence-electron chi connectivity index (χ1n) is 4.78. The topological polar surface area (TPSA) is 101 Å². The summed E-state index contributed by atoms with van der Waals surface area (Å²) in [7, 11) is 0. The van der Waals surface area contributed by atoms with E-state index in [9.17, 15) is 9.59 Å².